The van der Waals surface area contributed by atoms with Gasteiger partial charge in [0.25, 0.3) is 0 Å². The van der Waals surface area contributed by atoms with Gasteiger partial charge in [-0.05, 0) is 131 Å². The van der Waals surface area contributed by atoms with E-state index in [9.17, 15) is 0 Å². The summed E-state index contributed by atoms with van der Waals surface area (Å²) in [7, 11) is 0. The molecule has 13 rings (SSSR count). The molecule has 0 fully saturated rings. The van der Waals surface area contributed by atoms with Gasteiger partial charge in [-0.15, -0.1) is 11.3 Å². The monoisotopic (exact) mass is 804 g/mol. The fraction of sp³-hybridized carbons (Fsp3) is 0. The van der Waals surface area contributed by atoms with Crippen LogP contribution < -0.4 is 0 Å². The van der Waals surface area contributed by atoms with Crippen molar-refractivity contribution in [3.63, 3.8) is 0 Å². The van der Waals surface area contributed by atoms with Gasteiger partial charge in [-0.25, -0.2) is 4.98 Å². The Bertz CT molecular complexity index is 3860. The number of benzene rings is 10. The van der Waals surface area contributed by atoms with E-state index in [4.69, 9.17) is 4.98 Å². The van der Waals surface area contributed by atoms with Crippen LogP contribution in [0.25, 0.3) is 125 Å². The molecular weight excluding hydrogens is 769 g/mol. The molecular formula is C59H36N2S. The van der Waals surface area contributed by atoms with E-state index in [1.54, 1.807) is 0 Å². The summed E-state index contributed by atoms with van der Waals surface area (Å²) in [6, 6.07) is 77.9. The highest BCUT2D eigenvalue weighted by molar-refractivity contribution is 7.17. The predicted molar refractivity (Wildman–Crippen MR) is 266 cm³/mol. The first-order valence-corrected chi connectivity index (χ1v) is 22.1. The smallest absolute Gasteiger partial charge is 0.0730 e. The average Bonchev–Trinajstić information content (AvgIpc) is 3.96. The zero-order valence-corrected chi connectivity index (χ0v) is 34.4. The molecule has 288 valence electrons. The van der Waals surface area contributed by atoms with Crippen molar-refractivity contribution in [2.75, 3.05) is 0 Å². The summed E-state index contributed by atoms with van der Waals surface area (Å²) in [4.78, 5) is 5.28. The number of rotatable bonds is 5. The van der Waals surface area contributed by atoms with Crippen LogP contribution in [0.2, 0.25) is 0 Å². The Morgan fingerprint density at radius 3 is 1.68 bits per heavy atom. The van der Waals surface area contributed by atoms with Crippen molar-refractivity contribution < 1.29 is 0 Å². The molecule has 10 aromatic carbocycles. The first-order valence-electron chi connectivity index (χ1n) is 21.2. The summed E-state index contributed by atoms with van der Waals surface area (Å²) in [5, 5.41) is 16.0. The SMILES string of the molecule is c1ccc(-c2cc(-n3c4ccc(-c5ccc6ccccc6c5)cc4c4cc5c6ccccc6c6cc(-c7cccc8ccsc78)ccc6c5cc43)cc(-c3ccccc3)n2)cc1. The lowest BCUT2D eigenvalue weighted by molar-refractivity contribution is 1.16. The Labute approximate surface area is 362 Å². The first kappa shape index (κ1) is 35.0. The van der Waals surface area contributed by atoms with Crippen LogP contribution >= 0.6 is 11.3 Å². The summed E-state index contributed by atoms with van der Waals surface area (Å²) in [5.41, 5.74) is 12.4. The fourth-order valence-corrected chi connectivity index (χ4v) is 10.8. The third-order valence-electron chi connectivity index (χ3n) is 12.8. The van der Waals surface area contributed by atoms with Crippen LogP contribution in [0, 0.1) is 0 Å². The molecule has 0 aliphatic carbocycles. The van der Waals surface area contributed by atoms with Crippen molar-refractivity contribution >= 4 is 86.3 Å². The number of aromatic nitrogens is 2. The highest BCUT2D eigenvalue weighted by Gasteiger charge is 2.20. The number of fused-ring (bicyclic) bond motifs is 11. The average molecular weight is 805 g/mol. The lowest BCUT2D eigenvalue weighted by Crippen LogP contribution is -1.98. The van der Waals surface area contributed by atoms with Gasteiger partial charge in [0.1, 0.15) is 0 Å². The number of hydrogen-bond acceptors (Lipinski definition) is 2. The molecule has 0 saturated carbocycles. The van der Waals surface area contributed by atoms with Gasteiger partial charge in [0.15, 0.2) is 0 Å². The highest BCUT2D eigenvalue weighted by Crippen LogP contribution is 2.44. The summed E-state index contributed by atoms with van der Waals surface area (Å²) in [6.45, 7) is 0. The second kappa shape index (κ2) is 13.9. The highest BCUT2D eigenvalue weighted by atomic mass is 32.1. The van der Waals surface area contributed by atoms with E-state index in [0.29, 0.717) is 0 Å². The van der Waals surface area contributed by atoms with E-state index in [-0.39, 0.29) is 0 Å². The fourth-order valence-electron chi connectivity index (χ4n) is 9.84. The molecule has 0 aliphatic heterocycles. The Morgan fingerprint density at radius 2 is 0.903 bits per heavy atom. The van der Waals surface area contributed by atoms with E-state index in [1.165, 1.54) is 86.2 Å². The Kier molecular flexibility index (Phi) is 7.81. The third kappa shape index (κ3) is 5.52. The van der Waals surface area contributed by atoms with Crippen molar-refractivity contribution in [3.05, 3.63) is 218 Å². The van der Waals surface area contributed by atoms with Crippen molar-refractivity contribution in [1.82, 2.24) is 9.55 Å². The van der Waals surface area contributed by atoms with Gasteiger partial charge in [0.05, 0.1) is 28.1 Å². The molecule has 0 amide bonds. The number of nitrogens with zero attached hydrogens (tertiary/aromatic N) is 2. The van der Waals surface area contributed by atoms with E-state index in [2.05, 4.69) is 222 Å². The largest absolute Gasteiger partial charge is 0.309 e. The molecule has 3 heterocycles. The molecule has 0 unspecified atom stereocenters. The van der Waals surface area contributed by atoms with Crippen molar-refractivity contribution in [1.29, 1.82) is 0 Å². The summed E-state index contributed by atoms with van der Waals surface area (Å²) in [5.74, 6) is 0. The van der Waals surface area contributed by atoms with Gasteiger partial charge in [0.2, 0.25) is 0 Å². The number of hydrogen-bond donors (Lipinski definition) is 0. The minimum absolute atomic E-state index is 0.940. The standard InChI is InChI=1S/C59H36N2S/c1-3-13-38(14-4-1)55-33-45(34-56(60-55)39-15-5-2-6-16-39)61-57-27-25-43(42-23-22-37-12-7-8-17-41(37)30-42)31-53(57)54-35-51-48-20-10-9-19-47(48)50-32-44(24-26-49(50)52(51)36-58(54)61)46-21-11-18-40-28-29-62-59(40)46/h1-36H. The minimum atomic E-state index is 0.940. The Morgan fingerprint density at radius 1 is 0.323 bits per heavy atom. The molecule has 0 radical (unpaired) electrons. The molecule has 2 nitrogen and oxygen atoms in total. The van der Waals surface area contributed by atoms with Gasteiger partial charge in [-0.2, -0.15) is 0 Å². The Hall–Kier alpha value is -7.85. The quantitative estimate of drug-likeness (QED) is 0.158. The minimum Gasteiger partial charge on any atom is -0.309 e. The second-order valence-corrected chi connectivity index (χ2v) is 17.2. The Balaban J connectivity index is 1.13. The van der Waals surface area contributed by atoms with Crippen LogP contribution in [-0.2, 0) is 0 Å². The van der Waals surface area contributed by atoms with Crippen LogP contribution in [0.15, 0.2) is 218 Å². The van der Waals surface area contributed by atoms with Gasteiger partial charge < -0.3 is 4.57 Å². The van der Waals surface area contributed by atoms with E-state index < -0.39 is 0 Å². The summed E-state index contributed by atoms with van der Waals surface area (Å²) in [6.07, 6.45) is 0. The summed E-state index contributed by atoms with van der Waals surface area (Å²) < 4.78 is 3.80. The lowest BCUT2D eigenvalue weighted by Gasteiger charge is -2.15. The predicted octanol–water partition coefficient (Wildman–Crippen LogP) is 16.7. The number of thiophene rings is 1. The molecule has 0 N–H and O–H groups in total. The van der Waals surface area contributed by atoms with Crippen LogP contribution in [-0.4, -0.2) is 9.55 Å². The van der Waals surface area contributed by atoms with Crippen LogP contribution in [0.3, 0.4) is 0 Å². The van der Waals surface area contributed by atoms with Crippen molar-refractivity contribution in [2.45, 2.75) is 0 Å². The zero-order chi connectivity index (χ0) is 40.7. The lowest BCUT2D eigenvalue weighted by atomic mass is 9.91. The molecule has 0 aliphatic rings. The van der Waals surface area contributed by atoms with Gasteiger partial charge in [-0.3, -0.25) is 0 Å². The summed E-state index contributed by atoms with van der Waals surface area (Å²) >= 11 is 1.81. The van der Waals surface area contributed by atoms with Crippen molar-refractivity contribution in [3.8, 4) is 50.5 Å². The molecule has 62 heavy (non-hydrogen) atoms. The van der Waals surface area contributed by atoms with Crippen LogP contribution in [0.5, 0.6) is 0 Å². The van der Waals surface area contributed by atoms with E-state index >= 15 is 0 Å². The number of pyridine rings is 1. The van der Waals surface area contributed by atoms with Gasteiger partial charge in [-0.1, -0.05) is 158 Å². The second-order valence-electron chi connectivity index (χ2n) is 16.3. The molecule has 3 aromatic heterocycles. The van der Waals surface area contributed by atoms with Gasteiger partial charge in [0, 0.05) is 26.6 Å². The topological polar surface area (TPSA) is 17.8 Å². The van der Waals surface area contributed by atoms with E-state index in [0.717, 1.165) is 39.2 Å². The molecule has 3 heteroatoms. The van der Waals surface area contributed by atoms with Crippen LogP contribution in [0.1, 0.15) is 0 Å². The molecule has 0 atom stereocenters. The maximum Gasteiger partial charge on any atom is 0.0730 e. The first-order chi connectivity index (χ1) is 30.7. The van der Waals surface area contributed by atoms with Crippen LogP contribution in [0.4, 0.5) is 0 Å². The van der Waals surface area contributed by atoms with Gasteiger partial charge >= 0.3 is 0 Å². The zero-order valence-electron chi connectivity index (χ0n) is 33.6. The maximum atomic E-state index is 5.28. The molecule has 0 spiro atoms. The van der Waals surface area contributed by atoms with Crippen molar-refractivity contribution in [2.24, 2.45) is 0 Å². The normalized spacial score (nSPS) is 11.9. The molecule has 0 saturated heterocycles. The maximum absolute atomic E-state index is 5.28. The molecule has 0 bridgehead atoms. The van der Waals surface area contributed by atoms with E-state index in [1.807, 2.05) is 11.3 Å². The third-order valence-corrected chi connectivity index (χ3v) is 13.8. The molecule has 13 aromatic rings.